The maximum absolute atomic E-state index is 13.6. The van der Waals surface area contributed by atoms with Gasteiger partial charge >= 0.3 is 0 Å². The van der Waals surface area contributed by atoms with Crippen molar-refractivity contribution in [2.75, 3.05) is 12.0 Å². The van der Waals surface area contributed by atoms with Gasteiger partial charge < -0.3 is 14.1 Å². The van der Waals surface area contributed by atoms with Gasteiger partial charge in [-0.15, -0.1) is 0 Å². The molecule has 5 rings (SSSR count). The molecule has 0 spiro atoms. The van der Waals surface area contributed by atoms with E-state index < -0.39 is 23.2 Å². The van der Waals surface area contributed by atoms with Crippen molar-refractivity contribution in [2.45, 2.75) is 18.7 Å². The van der Waals surface area contributed by atoms with E-state index in [0.29, 0.717) is 44.9 Å². The Hall–Kier alpha value is -4.78. The number of rotatable bonds is 6. The zero-order valence-corrected chi connectivity index (χ0v) is 21.1. The monoisotopic (exact) mass is 509 g/mol. The number of amides is 1. The van der Waals surface area contributed by atoms with E-state index in [1.807, 2.05) is 0 Å². The molecule has 0 bridgehead atoms. The number of carbonyl (C=O) groups excluding carboxylic acids is 1. The number of nitrogens with zero attached hydrogens (tertiary/aromatic N) is 5. The van der Waals surface area contributed by atoms with Crippen LogP contribution < -0.4 is 15.2 Å². The summed E-state index contributed by atoms with van der Waals surface area (Å²) in [7, 11) is 19.5. The van der Waals surface area contributed by atoms with E-state index in [-0.39, 0.29) is 11.1 Å². The summed E-state index contributed by atoms with van der Waals surface area (Å²) in [6.07, 6.45) is 0. The summed E-state index contributed by atoms with van der Waals surface area (Å²) in [5.41, 5.74) is 2.06. The van der Waals surface area contributed by atoms with Crippen LogP contribution in [-0.2, 0) is 11.3 Å². The van der Waals surface area contributed by atoms with E-state index in [0.717, 1.165) is 9.58 Å². The molecule has 39 heavy (non-hydrogen) atoms. The summed E-state index contributed by atoms with van der Waals surface area (Å²) in [6.45, 7) is 1.15. The van der Waals surface area contributed by atoms with Crippen LogP contribution in [0.1, 0.15) is 11.5 Å². The minimum absolute atomic E-state index is 0.244. The molecule has 0 unspecified atom stereocenters. The first kappa shape index (κ1) is 25.9. The topological polar surface area (TPSA) is 114 Å². The number of anilines is 1. The molecule has 9 nitrogen and oxygen atoms in total. The zero-order chi connectivity index (χ0) is 27.9. The molecule has 2 aromatic heterocycles. The smallest absolute Gasteiger partial charge is 0.275 e. The van der Waals surface area contributed by atoms with E-state index in [9.17, 15) is 14.9 Å². The van der Waals surface area contributed by atoms with Crippen LogP contribution in [0.5, 0.6) is 5.75 Å². The number of oxazole rings is 1. The molecule has 0 aliphatic rings. The number of hydrogen-bond donors (Lipinski definition) is 0. The minimum atomic E-state index is -2.12. The van der Waals surface area contributed by atoms with Crippen LogP contribution in [0.4, 0.5) is 5.69 Å². The van der Waals surface area contributed by atoms with Crippen molar-refractivity contribution in [3.8, 4) is 23.1 Å². The van der Waals surface area contributed by atoms with Gasteiger partial charge in [-0.2, -0.15) is 10.4 Å². The number of carbonyl (C=O) groups is 1. The molecule has 6 radical (unpaired) electrons. The Kier molecular flexibility index (Phi) is 6.52. The van der Waals surface area contributed by atoms with E-state index in [1.54, 1.807) is 61.5 Å². The third-order valence-electron chi connectivity index (χ3n) is 6.09. The Morgan fingerprint density at radius 3 is 2.64 bits per heavy atom. The second-order valence-electron chi connectivity index (χ2n) is 8.92. The van der Waals surface area contributed by atoms with Crippen LogP contribution >= 0.6 is 0 Å². The summed E-state index contributed by atoms with van der Waals surface area (Å²) in [6, 6.07) is 18.6. The van der Waals surface area contributed by atoms with Gasteiger partial charge in [-0.3, -0.25) is 9.59 Å². The molecule has 3 aromatic carbocycles. The predicted molar refractivity (Wildman–Crippen MR) is 149 cm³/mol. The standard InChI is InChI=1S/C27H18B3N5O4/c1-15-32-22-9-6-18(11-23(22)39-15)35(27(28,29)30)24(36)14-34-26(37)21-12-19(38-2)7-8-20(21)25(33-34)17-5-3-4-16(10-17)13-31/h3-12H,14H2,1-2H3. The molecule has 0 fully saturated rings. The first-order valence-corrected chi connectivity index (χ1v) is 11.8. The highest BCUT2D eigenvalue weighted by Gasteiger charge is 2.28. The van der Waals surface area contributed by atoms with Crippen LogP contribution in [-0.4, -0.2) is 56.6 Å². The van der Waals surface area contributed by atoms with Crippen molar-refractivity contribution >= 4 is 57.0 Å². The molecular formula is C27H18B3N5O4. The Morgan fingerprint density at radius 2 is 1.92 bits per heavy atom. The molecule has 0 N–H and O–H groups in total. The number of fused-ring (bicyclic) bond motifs is 2. The van der Waals surface area contributed by atoms with Gasteiger partial charge in [-0.1, -0.05) is 17.4 Å². The molecule has 12 heteroatoms. The second kappa shape index (κ2) is 9.84. The summed E-state index contributed by atoms with van der Waals surface area (Å²) in [5.74, 6) is 0.184. The molecule has 0 atom stereocenters. The molecule has 1 amide bonds. The Bertz CT molecular complexity index is 1850. The SMILES string of the molecule is [B]C([B])([B])N(C(=O)Cn1nc(-c2cccc(C#N)c2)c2ccc(OC)cc2c1=O)c1ccc2nc(C)oc2c1. The summed E-state index contributed by atoms with van der Waals surface area (Å²) < 4.78 is 11.9. The van der Waals surface area contributed by atoms with Gasteiger partial charge in [0.05, 0.1) is 53.4 Å². The number of aromatic nitrogens is 3. The fraction of sp³-hybridized carbons (Fsp3) is 0.148. The normalized spacial score (nSPS) is 11.4. The molecule has 0 saturated carbocycles. The van der Waals surface area contributed by atoms with Crippen molar-refractivity contribution in [1.82, 2.24) is 14.8 Å². The van der Waals surface area contributed by atoms with E-state index >= 15 is 0 Å². The summed E-state index contributed by atoms with van der Waals surface area (Å²) >= 11 is 0. The summed E-state index contributed by atoms with van der Waals surface area (Å²) in [5, 5.41) is 12.6. The van der Waals surface area contributed by atoms with Crippen LogP contribution in [0, 0.1) is 18.3 Å². The van der Waals surface area contributed by atoms with Gasteiger partial charge in [0.25, 0.3) is 5.56 Å². The lowest BCUT2D eigenvalue weighted by Crippen LogP contribution is -2.55. The largest absolute Gasteiger partial charge is 0.497 e. The minimum Gasteiger partial charge on any atom is -0.497 e. The molecule has 2 heterocycles. The Morgan fingerprint density at radius 1 is 1.13 bits per heavy atom. The van der Waals surface area contributed by atoms with Crippen molar-refractivity contribution in [3.63, 3.8) is 0 Å². The molecule has 0 aliphatic carbocycles. The average Bonchev–Trinajstić information content (AvgIpc) is 3.28. The fourth-order valence-electron chi connectivity index (χ4n) is 4.40. The lowest BCUT2D eigenvalue weighted by atomic mass is 9.48. The van der Waals surface area contributed by atoms with E-state index in [2.05, 4.69) is 16.2 Å². The van der Waals surface area contributed by atoms with E-state index in [4.69, 9.17) is 32.7 Å². The number of benzene rings is 3. The van der Waals surface area contributed by atoms with Gasteiger partial charge in [0.2, 0.25) is 5.91 Å². The molecule has 5 aromatic rings. The molecular weight excluding hydrogens is 491 g/mol. The number of hydrogen-bond acceptors (Lipinski definition) is 7. The van der Waals surface area contributed by atoms with Gasteiger partial charge in [0, 0.05) is 29.6 Å². The van der Waals surface area contributed by atoms with Crippen LogP contribution in [0.3, 0.4) is 0 Å². The van der Waals surface area contributed by atoms with Crippen molar-refractivity contribution in [2.24, 2.45) is 0 Å². The second-order valence-corrected chi connectivity index (χ2v) is 8.92. The van der Waals surface area contributed by atoms with E-state index in [1.165, 1.54) is 13.2 Å². The fourth-order valence-corrected chi connectivity index (χ4v) is 4.40. The van der Waals surface area contributed by atoms with Gasteiger partial charge in [0.15, 0.2) is 11.5 Å². The average molecular weight is 509 g/mol. The third-order valence-corrected chi connectivity index (χ3v) is 6.09. The lowest BCUT2D eigenvalue weighted by molar-refractivity contribution is -0.119. The van der Waals surface area contributed by atoms with Crippen LogP contribution in [0.2, 0.25) is 0 Å². The first-order valence-electron chi connectivity index (χ1n) is 11.8. The van der Waals surface area contributed by atoms with Crippen LogP contribution in [0.25, 0.3) is 33.1 Å². The number of methoxy groups -OCH3 is 1. The van der Waals surface area contributed by atoms with Crippen molar-refractivity contribution in [3.05, 3.63) is 82.5 Å². The van der Waals surface area contributed by atoms with Gasteiger partial charge in [-0.05, 0) is 42.5 Å². The Labute approximate surface area is 227 Å². The highest BCUT2D eigenvalue weighted by atomic mass is 16.5. The van der Waals surface area contributed by atoms with Crippen LogP contribution in [0.15, 0.2) is 69.9 Å². The number of ether oxygens (including phenoxy) is 1. The Balaban J connectivity index is 1.64. The summed E-state index contributed by atoms with van der Waals surface area (Å²) in [4.78, 5) is 32.4. The third kappa shape index (κ3) is 4.91. The number of aryl methyl sites for hydroxylation is 1. The lowest BCUT2D eigenvalue weighted by Gasteiger charge is -2.37. The quantitative estimate of drug-likeness (QED) is 0.324. The maximum atomic E-state index is 13.6. The zero-order valence-electron chi connectivity index (χ0n) is 21.1. The molecule has 0 aliphatic heterocycles. The first-order chi connectivity index (χ1) is 18.6. The molecule has 0 saturated heterocycles. The molecule has 184 valence electrons. The highest BCUT2D eigenvalue weighted by Crippen LogP contribution is 2.29. The highest BCUT2D eigenvalue weighted by molar-refractivity contribution is 6.62. The van der Waals surface area contributed by atoms with Gasteiger partial charge in [0.1, 0.15) is 17.8 Å². The predicted octanol–water partition coefficient (Wildman–Crippen LogP) is 2.54. The maximum Gasteiger partial charge on any atom is 0.275 e. The van der Waals surface area contributed by atoms with Crippen molar-refractivity contribution < 1.29 is 13.9 Å². The van der Waals surface area contributed by atoms with Gasteiger partial charge in [-0.25, -0.2) is 9.67 Å². The van der Waals surface area contributed by atoms with Crippen molar-refractivity contribution in [1.29, 1.82) is 5.26 Å². The number of nitriles is 1.